The average molecular weight is 412 g/mol. The first-order chi connectivity index (χ1) is 13.1. The number of aliphatic hydroxyl groups excluding tert-OH is 7. The van der Waals surface area contributed by atoms with E-state index >= 15 is 0 Å². The van der Waals surface area contributed by atoms with Gasteiger partial charge in [0.15, 0.2) is 6.29 Å². The SMILES string of the molecule is CC(C)C(=O)O[C@@H]1O[C@H](CO)[C@@H](O[C@H]2O[C@H](CO)[C@@H](O)[C@H](O)[C@H]2O)[C@H](O)[C@H]1O. The normalized spacial score (nSPS) is 44.5. The molecule has 0 aromatic rings. The summed E-state index contributed by atoms with van der Waals surface area (Å²) in [5.41, 5.74) is 0. The van der Waals surface area contributed by atoms with Gasteiger partial charge in [0.2, 0.25) is 6.29 Å². The predicted octanol–water partition coefficient (Wildman–Crippen LogP) is -4.19. The van der Waals surface area contributed by atoms with Crippen LogP contribution in [0.5, 0.6) is 0 Å². The van der Waals surface area contributed by atoms with Crippen molar-refractivity contribution in [1.29, 1.82) is 0 Å². The van der Waals surface area contributed by atoms with Crippen LogP contribution in [-0.4, -0.2) is 116 Å². The van der Waals surface area contributed by atoms with E-state index in [9.17, 15) is 40.5 Å². The summed E-state index contributed by atoms with van der Waals surface area (Å²) in [6.07, 6.45) is -15.7. The van der Waals surface area contributed by atoms with E-state index in [1.165, 1.54) is 0 Å². The number of aliphatic hydroxyl groups is 7. The van der Waals surface area contributed by atoms with Crippen LogP contribution in [0.4, 0.5) is 0 Å². The molecule has 12 heteroatoms. The third kappa shape index (κ3) is 4.79. The minimum atomic E-state index is -1.75. The molecule has 0 bridgehead atoms. The number of carbonyl (C=O) groups excluding carboxylic acids is 1. The minimum absolute atomic E-state index is 0.524. The summed E-state index contributed by atoms with van der Waals surface area (Å²) in [6, 6.07) is 0. The number of hydrogen-bond acceptors (Lipinski definition) is 12. The van der Waals surface area contributed by atoms with E-state index < -0.39 is 86.5 Å². The van der Waals surface area contributed by atoms with Crippen LogP contribution in [0.1, 0.15) is 13.8 Å². The third-order valence-corrected chi connectivity index (χ3v) is 4.66. The zero-order valence-electron chi connectivity index (χ0n) is 15.4. The molecule has 164 valence electrons. The Hall–Kier alpha value is -0.930. The second-order valence-corrected chi connectivity index (χ2v) is 7.10. The van der Waals surface area contributed by atoms with Crippen LogP contribution in [0.3, 0.4) is 0 Å². The fraction of sp³-hybridized carbons (Fsp3) is 0.938. The lowest BCUT2D eigenvalue weighted by Crippen LogP contribution is -2.64. The van der Waals surface area contributed by atoms with Gasteiger partial charge in [0, 0.05) is 0 Å². The highest BCUT2D eigenvalue weighted by atomic mass is 16.7. The molecule has 0 amide bonds. The molecular formula is C16H28O12. The Balaban J connectivity index is 2.11. The highest BCUT2D eigenvalue weighted by molar-refractivity contribution is 5.71. The van der Waals surface area contributed by atoms with E-state index in [0.717, 1.165) is 0 Å². The van der Waals surface area contributed by atoms with Crippen molar-refractivity contribution in [2.45, 2.75) is 75.3 Å². The summed E-state index contributed by atoms with van der Waals surface area (Å²) >= 11 is 0. The van der Waals surface area contributed by atoms with Crippen molar-refractivity contribution in [3.8, 4) is 0 Å². The molecule has 12 nitrogen and oxygen atoms in total. The van der Waals surface area contributed by atoms with E-state index in [-0.39, 0.29) is 0 Å². The fourth-order valence-electron chi connectivity index (χ4n) is 2.90. The molecule has 0 aromatic carbocycles. The second kappa shape index (κ2) is 9.71. The average Bonchev–Trinajstić information content (AvgIpc) is 2.67. The predicted molar refractivity (Wildman–Crippen MR) is 87.3 cm³/mol. The Morgan fingerprint density at radius 2 is 1.36 bits per heavy atom. The highest BCUT2D eigenvalue weighted by Gasteiger charge is 2.51. The van der Waals surface area contributed by atoms with Crippen molar-refractivity contribution in [3.05, 3.63) is 0 Å². The van der Waals surface area contributed by atoms with Gasteiger partial charge in [-0.15, -0.1) is 0 Å². The van der Waals surface area contributed by atoms with E-state index in [4.69, 9.17) is 18.9 Å². The summed E-state index contributed by atoms with van der Waals surface area (Å²) in [7, 11) is 0. The van der Waals surface area contributed by atoms with Gasteiger partial charge >= 0.3 is 5.97 Å². The molecule has 0 unspecified atom stereocenters. The van der Waals surface area contributed by atoms with Crippen LogP contribution in [0.2, 0.25) is 0 Å². The molecule has 0 radical (unpaired) electrons. The first-order valence-electron chi connectivity index (χ1n) is 8.91. The van der Waals surface area contributed by atoms with E-state index in [2.05, 4.69) is 0 Å². The van der Waals surface area contributed by atoms with Crippen LogP contribution in [0.15, 0.2) is 0 Å². The molecule has 2 aliphatic rings. The molecule has 2 saturated heterocycles. The van der Waals surface area contributed by atoms with Crippen LogP contribution < -0.4 is 0 Å². The molecule has 28 heavy (non-hydrogen) atoms. The number of rotatable bonds is 6. The van der Waals surface area contributed by atoms with Crippen molar-refractivity contribution in [2.24, 2.45) is 5.92 Å². The molecule has 0 saturated carbocycles. The molecule has 0 aromatic heterocycles. The quantitative estimate of drug-likeness (QED) is 0.208. The smallest absolute Gasteiger partial charge is 0.310 e. The molecule has 7 N–H and O–H groups in total. The van der Waals surface area contributed by atoms with Crippen molar-refractivity contribution in [2.75, 3.05) is 13.2 Å². The molecule has 2 aliphatic heterocycles. The number of hydrogen-bond donors (Lipinski definition) is 7. The Labute approximate surface area is 160 Å². The minimum Gasteiger partial charge on any atom is -0.433 e. The topological polar surface area (TPSA) is 196 Å². The molecule has 0 spiro atoms. The van der Waals surface area contributed by atoms with Crippen LogP contribution in [-0.2, 0) is 23.7 Å². The van der Waals surface area contributed by atoms with Gasteiger partial charge in [-0.1, -0.05) is 13.8 Å². The molecule has 2 fully saturated rings. The third-order valence-electron chi connectivity index (χ3n) is 4.66. The summed E-state index contributed by atoms with van der Waals surface area (Å²) in [5.74, 6) is -1.22. The van der Waals surface area contributed by atoms with Crippen molar-refractivity contribution >= 4 is 5.97 Å². The number of carbonyl (C=O) groups is 1. The zero-order valence-corrected chi connectivity index (χ0v) is 15.4. The maximum atomic E-state index is 11.7. The standard InChI is InChI=1S/C16H28O12/c1-5(2)14(24)28-16-12(23)10(21)13(7(4-18)26-16)27-15-11(22)9(20)8(19)6(3-17)25-15/h5-13,15-23H,3-4H2,1-2H3/t6-,7-,8-,9+,10-,11-,12-,13-,15-,16+/m1/s1. The maximum Gasteiger partial charge on any atom is 0.310 e. The van der Waals surface area contributed by atoms with Gasteiger partial charge in [-0.2, -0.15) is 0 Å². The summed E-state index contributed by atoms with van der Waals surface area (Å²) < 4.78 is 20.8. The Kier molecular flexibility index (Phi) is 8.10. The monoisotopic (exact) mass is 412 g/mol. The Morgan fingerprint density at radius 1 is 0.821 bits per heavy atom. The highest BCUT2D eigenvalue weighted by Crippen LogP contribution is 2.29. The van der Waals surface area contributed by atoms with Crippen molar-refractivity contribution in [3.63, 3.8) is 0 Å². The van der Waals surface area contributed by atoms with Gasteiger partial charge in [0.25, 0.3) is 0 Å². The van der Waals surface area contributed by atoms with Crippen LogP contribution in [0.25, 0.3) is 0 Å². The first-order valence-corrected chi connectivity index (χ1v) is 8.91. The fourth-order valence-corrected chi connectivity index (χ4v) is 2.90. The molecular weight excluding hydrogens is 384 g/mol. The van der Waals surface area contributed by atoms with Gasteiger partial charge in [-0.25, -0.2) is 0 Å². The van der Waals surface area contributed by atoms with E-state index in [0.29, 0.717) is 0 Å². The largest absolute Gasteiger partial charge is 0.433 e. The van der Waals surface area contributed by atoms with Crippen LogP contribution in [0, 0.1) is 5.92 Å². The number of esters is 1. The Morgan fingerprint density at radius 3 is 1.89 bits per heavy atom. The summed E-state index contributed by atoms with van der Waals surface area (Å²) in [6.45, 7) is 1.72. The Bertz CT molecular complexity index is 512. The van der Waals surface area contributed by atoms with Gasteiger partial charge in [0.05, 0.1) is 19.1 Å². The van der Waals surface area contributed by atoms with Crippen molar-refractivity contribution in [1.82, 2.24) is 0 Å². The first kappa shape index (κ1) is 23.3. The van der Waals surface area contributed by atoms with Crippen molar-refractivity contribution < 1.29 is 59.5 Å². The van der Waals surface area contributed by atoms with Gasteiger partial charge in [-0.05, 0) is 0 Å². The summed E-state index contributed by atoms with van der Waals surface area (Å²) in [4.78, 5) is 11.7. The van der Waals surface area contributed by atoms with Gasteiger partial charge in [-0.3, -0.25) is 4.79 Å². The molecule has 10 atom stereocenters. The molecule has 0 aliphatic carbocycles. The van der Waals surface area contributed by atoms with Gasteiger partial charge < -0.3 is 54.7 Å². The molecule has 2 heterocycles. The van der Waals surface area contributed by atoms with E-state index in [1.807, 2.05) is 0 Å². The van der Waals surface area contributed by atoms with Crippen LogP contribution >= 0.6 is 0 Å². The van der Waals surface area contributed by atoms with E-state index in [1.54, 1.807) is 13.8 Å². The number of ether oxygens (including phenoxy) is 4. The lowest BCUT2D eigenvalue weighted by molar-refractivity contribution is -0.356. The van der Waals surface area contributed by atoms with Gasteiger partial charge in [0.1, 0.15) is 48.8 Å². The lowest BCUT2D eigenvalue weighted by atomic mass is 9.97. The maximum absolute atomic E-state index is 11.7. The second-order valence-electron chi connectivity index (χ2n) is 7.10. The lowest BCUT2D eigenvalue weighted by Gasteiger charge is -2.45. The zero-order chi connectivity index (χ0) is 21.2. The molecule has 2 rings (SSSR count). The summed E-state index contributed by atoms with van der Waals surface area (Å²) in [5, 5.41) is 68.9.